The molecule has 25 heavy (non-hydrogen) atoms. The Labute approximate surface area is 153 Å². The molecule has 1 aromatic heterocycles. The molecule has 0 unspecified atom stereocenters. The van der Waals surface area contributed by atoms with E-state index < -0.39 is 5.41 Å². The maximum atomic E-state index is 12.5. The number of nitrogens with zero attached hydrogens (tertiary/aromatic N) is 1. The van der Waals surface area contributed by atoms with Crippen LogP contribution in [0.25, 0.3) is 12.2 Å². The average Bonchev–Trinajstić information content (AvgIpc) is 3.08. The summed E-state index contributed by atoms with van der Waals surface area (Å²) in [6.45, 7) is 5.67. The molecule has 3 rings (SSSR count). The fraction of sp³-hybridized carbons (Fsp3) is 0.333. The molecular weight excluding hydrogens is 362 g/mol. The quantitative estimate of drug-likeness (QED) is 0.801. The van der Waals surface area contributed by atoms with E-state index in [1.807, 2.05) is 20.8 Å². The molecule has 0 saturated carbocycles. The molecule has 0 saturated heterocycles. The van der Waals surface area contributed by atoms with Crippen LogP contribution in [0.15, 0.2) is 16.9 Å². The van der Waals surface area contributed by atoms with Crippen molar-refractivity contribution in [2.75, 3.05) is 6.79 Å². The van der Waals surface area contributed by atoms with E-state index in [9.17, 15) is 9.59 Å². The number of ketones is 1. The zero-order valence-corrected chi connectivity index (χ0v) is 16.0. The molecular formula is C18H18ClNO4S. The van der Waals surface area contributed by atoms with Crippen LogP contribution in [0.2, 0.25) is 5.02 Å². The molecule has 0 fully saturated rings. The number of hydrogen-bond donors (Lipinski definition) is 0. The number of benzene rings is 1. The Kier molecular flexibility index (Phi) is 4.51. The summed E-state index contributed by atoms with van der Waals surface area (Å²) in [5.41, 5.74) is 0.0861. The van der Waals surface area contributed by atoms with Crippen molar-refractivity contribution in [1.82, 2.24) is 4.57 Å². The van der Waals surface area contributed by atoms with Crippen LogP contribution >= 0.6 is 22.9 Å². The van der Waals surface area contributed by atoms with Crippen molar-refractivity contribution < 1.29 is 14.3 Å². The van der Waals surface area contributed by atoms with Crippen LogP contribution in [0.3, 0.4) is 0 Å². The molecule has 2 aromatic rings. The van der Waals surface area contributed by atoms with Crippen LogP contribution in [-0.4, -0.2) is 17.1 Å². The Bertz CT molecular complexity index is 1030. The summed E-state index contributed by atoms with van der Waals surface area (Å²) in [6.07, 6.45) is 3.26. The van der Waals surface area contributed by atoms with Gasteiger partial charge in [0.2, 0.25) is 6.79 Å². The van der Waals surface area contributed by atoms with E-state index in [1.54, 1.807) is 25.3 Å². The first-order valence-electron chi connectivity index (χ1n) is 7.69. The number of halogens is 1. The van der Waals surface area contributed by atoms with E-state index in [0.717, 1.165) is 5.56 Å². The number of hydrogen-bond acceptors (Lipinski definition) is 5. The van der Waals surface area contributed by atoms with E-state index in [-0.39, 0.29) is 18.1 Å². The summed E-state index contributed by atoms with van der Waals surface area (Å²) in [4.78, 5) is 24.7. The van der Waals surface area contributed by atoms with Gasteiger partial charge in [0, 0.05) is 18.5 Å². The third-order valence-corrected chi connectivity index (χ3v) is 5.20. The smallest absolute Gasteiger partial charge is 0.268 e. The molecule has 0 radical (unpaired) electrons. The van der Waals surface area contributed by atoms with Gasteiger partial charge in [-0.3, -0.25) is 9.59 Å². The van der Waals surface area contributed by atoms with Crippen LogP contribution in [0, 0.1) is 5.41 Å². The van der Waals surface area contributed by atoms with Crippen LogP contribution in [-0.2, 0) is 11.8 Å². The van der Waals surface area contributed by atoms with Gasteiger partial charge in [0.05, 0.1) is 9.55 Å². The maximum Gasteiger partial charge on any atom is 0.268 e. The lowest BCUT2D eigenvalue weighted by Crippen LogP contribution is -2.30. The zero-order valence-electron chi connectivity index (χ0n) is 14.4. The second-order valence-electron chi connectivity index (χ2n) is 6.81. The summed E-state index contributed by atoms with van der Waals surface area (Å²) >= 11 is 7.45. The van der Waals surface area contributed by atoms with Gasteiger partial charge in [0.1, 0.15) is 4.66 Å². The minimum absolute atomic E-state index is 0.0259. The number of aromatic nitrogens is 1. The molecule has 0 spiro atoms. The minimum Gasteiger partial charge on any atom is -0.454 e. The van der Waals surface area contributed by atoms with Crippen LogP contribution in [0.4, 0.5) is 0 Å². The Morgan fingerprint density at radius 2 is 2.04 bits per heavy atom. The number of thiazole rings is 1. The first kappa shape index (κ1) is 17.8. The highest BCUT2D eigenvalue weighted by atomic mass is 35.5. The molecule has 0 amide bonds. The SMILES string of the molecule is Cn1c(=O)/c(=C\c2cc(Cl)c3c(c2)OCO3)s/c1=C\C(=O)C(C)(C)C. The van der Waals surface area contributed by atoms with E-state index in [4.69, 9.17) is 21.1 Å². The molecule has 132 valence electrons. The van der Waals surface area contributed by atoms with Gasteiger partial charge >= 0.3 is 0 Å². The van der Waals surface area contributed by atoms with Crippen molar-refractivity contribution in [1.29, 1.82) is 0 Å². The number of carbonyl (C=O) groups is 1. The van der Waals surface area contributed by atoms with Crippen LogP contribution in [0.5, 0.6) is 11.5 Å². The molecule has 1 aliphatic rings. The molecule has 0 N–H and O–H groups in total. The first-order valence-corrected chi connectivity index (χ1v) is 8.89. The summed E-state index contributed by atoms with van der Waals surface area (Å²) in [6, 6.07) is 3.50. The molecule has 1 aromatic carbocycles. The number of ether oxygens (including phenoxy) is 2. The second-order valence-corrected chi connectivity index (χ2v) is 8.28. The highest BCUT2D eigenvalue weighted by Gasteiger charge is 2.20. The molecule has 2 heterocycles. The van der Waals surface area contributed by atoms with Gasteiger partial charge in [-0.05, 0) is 23.8 Å². The van der Waals surface area contributed by atoms with Crippen molar-refractivity contribution in [2.45, 2.75) is 20.8 Å². The van der Waals surface area contributed by atoms with E-state index in [1.165, 1.54) is 22.0 Å². The van der Waals surface area contributed by atoms with Crippen molar-refractivity contribution in [2.24, 2.45) is 12.5 Å². The van der Waals surface area contributed by atoms with Gasteiger partial charge in [0.25, 0.3) is 5.56 Å². The predicted molar refractivity (Wildman–Crippen MR) is 98.9 cm³/mol. The molecule has 0 atom stereocenters. The van der Waals surface area contributed by atoms with Crippen molar-refractivity contribution in [3.05, 3.63) is 42.3 Å². The summed E-state index contributed by atoms with van der Waals surface area (Å²) < 4.78 is 13.2. The third-order valence-electron chi connectivity index (χ3n) is 3.80. The number of fused-ring (bicyclic) bond motifs is 1. The molecule has 0 aliphatic carbocycles. The second kappa shape index (κ2) is 6.35. The lowest BCUT2D eigenvalue weighted by molar-refractivity contribution is -0.120. The Morgan fingerprint density at radius 3 is 2.72 bits per heavy atom. The summed E-state index contributed by atoms with van der Waals surface area (Å²) in [5.74, 6) is 1.05. The largest absolute Gasteiger partial charge is 0.454 e. The Hall–Kier alpha value is -2.05. The summed E-state index contributed by atoms with van der Waals surface area (Å²) in [5, 5.41) is 0.435. The standard InChI is InChI=1S/C18H18ClNO4S/c1-18(2,3)14(21)8-15-20(4)17(22)13(25-15)7-10-5-11(19)16-12(6-10)23-9-24-16/h5-8H,9H2,1-4H3/b13-7+,15-8-. The molecule has 0 bridgehead atoms. The highest BCUT2D eigenvalue weighted by Crippen LogP contribution is 2.39. The van der Waals surface area contributed by atoms with E-state index in [0.29, 0.717) is 25.7 Å². The van der Waals surface area contributed by atoms with Gasteiger partial charge in [-0.15, -0.1) is 11.3 Å². The highest BCUT2D eigenvalue weighted by molar-refractivity contribution is 7.07. The first-order chi connectivity index (χ1) is 11.7. The lowest BCUT2D eigenvalue weighted by atomic mass is 9.91. The summed E-state index contributed by atoms with van der Waals surface area (Å²) in [7, 11) is 1.66. The van der Waals surface area contributed by atoms with Gasteiger partial charge in [-0.25, -0.2) is 0 Å². The maximum absolute atomic E-state index is 12.5. The van der Waals surface area contributed by atoms with Gasteiger partial charge in [-0.1, -0.05) is 32.4 Å². The molecule has 5 nitrogen and oxygen atoms in total. The van der Waals surface area contributed by atoms with Crippen molar-refractivity contribution in [3.63, 3.8) is 0 Å². The fourth-order valence-electron chi connectivity index (χ4n) is 2.26. The van der Waals surface area contributed by atoms with Crippen LogP contribution in [0.1, 0.15) is 26.3 Å². The van der Waals surface area contributed by atoms with E-state index >= 15 is 0 Å². The van der Waals surface area contributed by atoms with Gasteiger partial charge in [-0.2, -0.15) is 0 Å². The Balaban J connectivity index is 2.11. The van der Waals surface area contributed by atoms with Gasteiger partial charge < -0.3 is 14.0 Å². The van der Waals surface area contributed by atoms with Crippen molar-refractivity contribution >= 4 is 40.9 Å². The topological polar surface area (TPSA) is 57.5 Å². The monoisotopic (exact) mass is 379 g/mol. The minimum atomic E-state index is -0.491. The van der Waals surface area contributed by atoms with Gasteiger partial charge in [0.15, 0.2) is 17.3 Å². The fourth-order valence-corrected chi connectivity index (χ4v) is 3.56. The normalized spacial score (nSPS) is 15.1. The van der Waals surface area contributed by atoms with Crippen molar-refractivity contribution in [3.8, 4) is 11.5 Å². The third kappa shape index (κ3) is 3.50. The lowest BCUT2D eigenvalue weighted by Gasteiger charge is -2.12. The zero-order chi connectivity index (χ0) is 18.4. The number of Topliss-reactive ketones (excluding diaryl/α,β-unsaturated/α-hetero) is 1. The predicted octanol–water partition coefficient (Wildman–Crippen LogP) is 2.05. The number of carbonyl (C=O) groups excluding carboxylic acids is 1. The molecule has 7 heteroatoms. The molecule has 1 aliphatic heterocycles. The van der Waals surface area contributed by atoms with E-state index in [2.05, 4.69) is 0 Å². The van der Waals surface area contributed by atoms with Crippen LogP contribution < -0.4 is 24.2 Å². The Morgan fingerprint density at radius 1 is 1.32 bits per heavy atom. The number of rotatable bonds is 2. The average molecular weight is 380 g/mol.